The second-order valence-corrected chi connectivity index (χ2v) is 4.14. The number of aromatic nitrogens is 3. The molecule has 2 aromatic heterocycles. The summed E-state index contributed by atoms with van der Waals surface area (Å²) < 4.78 is 5.02. The van der Waals surface area contributed by atoms with Crippen molar-refractivity contribution in [1.29, 1.82) is 0 Å². The Hall–Kier alpha value is -2.44. The van der Waals surface area contributed by atoms with Crippen LogP contribution >= 0.6 is 0 Å². The van der Waals surface area contributed by atoms with E-state index in [4.69, 9.17) is 10.3 Å². The summed E-state index contributed by atoms with van der Waals surface area (Å²) in [6.07, 6.45) is 3.56. The van der Waals surface area contributed by atoms with Gasteiger partial charge in [-0.1, -0.05) is 5.16 Å². The van der Waals surface area contributed by atoms with E-state index in [1.807, 2.05) is 0 Å². The molecule has 0 bridgehead atoms. The van der Waals surface area contributed by atoms with Crippen LogP contribution in [-0.4, -0.2) is 27.1 Å². The van der Waals surface area contributed by atoms with E-state index in [0.717, 1.165) is 12.8 Å². The fraction of sp³-hybridized carbons (Fsp3) is 0.273. The third-order valence-corrected chi connectivity index (χ3v) is 2.57. The molecule has 0 unspecified atom stereocenters. The van der Waals surface area contributed by atoms with Gasteiger partial charge >= 0.3 is 0 Å². The Balaban J connectivity index is 1.82. The minimum Gasteiger partial charge on any atom is -0.384 e. The molecule has 7 heteroatoms. The van der Waals surface area contributed by atoms with E-state index in [2.05, 4.69) is 20.4 Å². The number of anilines is 1. The summed E-state index contributed by atoms with van der Waals surface area (Å²) in [4.78, 5) is 19.6. The fourth-order valence-electron chi connectivity index (χ4n) is 1.49. The summed E-state index contributed by atoms with van der Waals surface area (Å²) in [6, 6.07) is 3.55. The van der Waals surface area contributed by atoms with Gasteiger partial charge in [0.2, 0.25) is 0 Å². The molecule has 3 N–H and O–H groups in total. The summed E-state index contributed by atoms with van der Waals surface area (Å²) in [7, 11) is 0. The molecule has 1 aliphatic rings. The van der Waals surface area contributed by atoms with Crippen LogP contribution in [0.3, 0.4) is 0 Å². The Labute approximate surface area is 102 Å². The number of carbonyl (C=O) groups excluding carboxylic acids is 1. The lowest BCUT2D eigenvalue weighted by atomic mass is 10.2. The Morgan fingerprint density at radius 1 is 1.50 bits per heavy atom. The van der Waals surface area contributed by atoms with E-state index in [-0.39, 0.29) is 23.7 Å². The number of nitrogens with two attached hydrogens (primary N) is 1. The van der Waals surface area contributed by atoms with Gasteiger partial charge in [0.15, 0.2) is 0 Å². The molecule has 1 fully saturated rings. The average Bonchev–Trinajstić information content (AvgIpc) is 3.03. The SMILES string of the molecule is Nc1cc(-c2nc(C(=O)NC3CC3)no2)ccn1. The number of hydrogen-bond donors (Lipinski definition) is 2. The van der Waals surface area contributed by atoms with Gasteiger partial charge in [0, 0.05) is 17.8 Å². The lowest BCUT2D eigenvalue weighted by Gasteiger charge is -1.96. The first kappa shape index (κ1) is 10.7. The summed E-state index contributed by atoms with van der Waals surface area (Å²) >= 11 is 0. The first-order valence-corrected chi connectivity index (χ1v) is 5.59. The highest BCUT2D eigenvalue weighted by molar-refractivity contribution is 5.91. The van der Waals surface area contributed by atoms with Crippen molar-refractivity contribution >= 4 is 11.7 Å². The van der Waals surface area contributed by atoms with Crippen LogP contribution in [0.5, 0.6) is 0 Å². The standard InChI is InChI=1S/C11H11N5O2/c12-8-5-6(3-4-13-8)11-15-9(16-18-11)10(17)14-7-1-2-7/h3-5,7H,1-2H2,(H2,12,13)(H,14,17). The lowest BCUT2D eigenvalue weighted by Crippen LogP contribution is -2.26. The molecule has 0 spiro atoms. The molecule has 0 radical (unpaired) electrons. The number of carbonyl (C=O) groups is 1. The largest absolute Gasteiger partial charge is 0.384 e. The van der Waals surface area contributed by atoms with Gasteiger partial charge in [-0.25, -0.2) is 4.98 Å². The van der Waals surface area contributed by atoms with Crippen molar-refractivity contribution < 1.29 is 9.32 Å². The van der Waals surface area contributed by atoms with Gasteiger partial charge in [0.05, 0.1) is 0 Å². The van der Waals surface area contributed by atoms with E-state index in [0.29, 0.717) is 11.4 Å². The van der Waals surface area contributed by atoms with Crippen molar-refractivity contribution in [1.82, 2.24) is 20.4 Å². The van der Waals surface area contributed by atoms with Crippen molar-refractivity contribution in [3.63, 3.8) is 0 Å². The van der Waals surface area contributed by atoms with Gasteiger partial charge in [-0.05, 0) is 25.0 Å². The summed E-state index contributed by atoms with van der Waals surface area (Å²) in [5, 5.41) is 6.43. The average molecular weight is 245 g/mol. The fourth-order valence-corrected chi connectivity index (χ4v) is 1.49. The van der Waals surface area contributed by atoms with Crippen LogP contribution in [0.2, 0.25) is 0 Å². The number of nitrogens with one attached hydrogen (secondary N) is 1. The minimum absolute atomic E-state index is 0.0345. The van der Waals surface area contributed by atoms with Crippen molar-refractivity contribution in [3.8, 4) is 11.5 Å². The summed E-state index contributed by atoms with van der Waals surface area (Å²) in [6.45, 7) is 0. The molecule has 1 amide bonds. The third-order valence-electron chi connectivity index (χ3n) is 2.57. The molecule has 92 valence electrons. The van der Waals surface area contributed by atoms with Gasteiger partial charge < -0.3 is 15.6 Å². The second-order valence-electron chi connectivity index (χ2n) is 4.14. The number of amides is 1. The van der Waals surface area contributed by atoms with Gasteiger partial charge in [-0.2, -0.15) is 4.98 Å². The Kier molecular flexibility index (Phi) is 2.44. The zero-order valence-corrected chi connectivity index (χ0v) is 9.46. The molecule has 2 aromatic rings. The maximum atomic E-state index is 11.7. The zero-order chi connectivity index (χ0) is 12.5. The predicted molar refractivity (Wildman–Crippen MR) is 62.4 cm³/mol. The smallest absolute Gasteiger partial charge is 0.292 e. The molecular weight excluding hydrogens is 234 g/mol. The lowest BCUT2D eigenvalue weighted by molar-refractivity contribution is 0.0937. The van der Waals surface area contributed by atoms with Gasteiger partial charge in [0.1, 0.15) is 5.82 Å². The third kappa shape index (κ3) is 2.15. The molecule has 1 aliphatic carbocycles. The van der Waals surface area contributed by atoms with E-state index in [1.165, 1.54) is 0 Å². The predicted octanol–water partition coefficient (Wildman–Crippen LogP) is 0.606. The molecule has 0 saturated heterocycles. The van der Waals surface area contributed by atoms with Crippen LogP contribution in [0.1, 0.15) is 23.5 Å². The van der Waals surface area contributed by atoms with Crippen LogP contribution in [0, 0.1) is 0 Å². The highest BCUT2D eigenvalue weighted by atomic mass is 16.5. The second kappa shape index (κ2) is 4.10. The number of rotatable bonds is 3. The molecule has 3 rings (SSSR count). The first-order valence-electron chi connectivity index (χ1n) is 5.59. The zero-order valence-electron chi connectivity index (χ0n) is 9.46. The van der Waals surface area contributed by atoms with Crippen LogP contribution < -0.4 is 11.1 Å². The number of pyridine rings is 1. The Morgan fingerprint density at radius 2 is 2.33 bits per heavy atom. The van der Waals surface area contributed by atoms with Crippen LogP contribution in [0.25, 0.3) is 11.5 Å². The van der Waals surface area contributed by atoms with E-state index >= 15 is 0 Å². The monoisotopic (exact) mass is 245 g/mol. The molecule has 7 nitrogen and oxygen atoms in total. The molecule has 18 heavy (non-hydrogen) atoms. The molecule has 0 aromatic carbocycles. The highest BCUT2D eigenvalue weighted by Gasteiger charge is 2.26. The van der Waals surface area contributed by atoms with Gasteiger partial charge in [0.25, 0.3) is 17.6 Å². The number of nitrogen functional groups attached to an aromatic ring is 1. The molecular formula is C11H11N5O2. The molecule has 1 saturated carbocycles. The topological polar surface area (TPSA) is 107 Å². The molecule has 0 aliphatic heterocycles. The van der Waals surface area contributed by atoms with Crippen LogP contribution in [-0.2, 0) is 0 Å². The maximum Gasteiger partial charge on any atom is 0.292 e. The Morgan fingerprint density at radius 3 is 3.06 bits per heavy atom. The number of nitrogens with zero attached hydrogens (tertiary/aromatic N) is 3. The van der Waals surface area contributed by atoms with Crippen LogP contribution in [0.15, 0.2) is 22.9 Å². The molecule has 0 atom stereocenters. The quantitative estimate of drug-likeness (QED) is 0.820. The summed E-state index contributed by atoms with van der Waals surface area (Å²) in [5.41, 5.74) is 6.20. The highest BCUT2D eigenvalue weighted by Crippen LogP contribution is 2.20. The van der Waals surface area contributed by atoms with E-state index < -0.39 is 0 Å². The van der Waals surface area contributed by atoms with E-state index in [9.17, 15) is 4.79 Å². The normalized spacial score (nSPS) is 14.4. The van der Waals surface area contributed by atoms with E-state index in [1.54, 1.807) is 18.3 Å². The molecule has 2 heterocycles. The summed E-state index contributed by atoms with van der Waals surface area (Å²) in [5.74, 6) is 0.335. The van der Waals surface area contributed by atoms with Gasteiger partial charge in [-0.15, -0.1) is 0 Å². The van der Waals surface area contributed by atoms with Crippen LogP contribution in [0.4, 0.5) is 5.82 Å². The van der Waals surface area contributed by atoms with Crippen molar-refractivity contribution in [2.75, 3.05) is 5.73 Å². The van der Waals surface area contributed by atoms with Gasteiger partial charge in [-0.3, -0.25) is 4.79 Å². The van der Waals surface area contributed by atoms with Crippen molar-refractivity contribution in [3.05, 3.63) is 24.2 Å². The first-order chi connectivity index (χ1) is 8.72. The minimum atomic E-state index is -0.311. The van der Waals surface area contributed by atoms with Crippen molar-refractivity contribution in [2.45, 2.75) is 18.9 Å². The van der Waals surface area contributed by atoms with Crippen molar-refractivity contribution in [2.24, 2.45) is 0 Å². The maximum absolute atomic E-state index is 11.7. The number of hydrogen-bond acceptors (Lipinski definition) is 6. The Bertz CT molecular complexity index is 591.